The molecule has 3 rings (SSSR count). The summed E-state index contributed by atoms with van der Waals surface area (Å²) < 4.78 is 11.8. The van der Waals surface area contributed by atoms with Crippen LogP contribution < -0.4 is 5.32 Å². The molecule has 2 N–H and O–H groups in total. The average Bonchev–Trinajstić information content (AvgIpc) is 2.70. The van der Waals surface area contributed by atoms with Gasteiger partial charge in [0.2, 0.25) is 0 Å². The number of aliphatic hydroxyl groups is 1. The second-order valence-electron chi connectivity index (χ2n) is 5.50. The first-order valence-electron chi connectivity index (χ1n) is 5.78. The first-order chi connectivity index (χ1) is 6.98. The van der Waals surface area contributed by atoms with Crippen molar-refractivity contribution in [3.05, 3.63) is 0 Å². The number of hydrogen-bond acceptors (Lipinski definition) is 4. The molecule has 2 bridgehead atoms. The fourth-order valence-electron chi connectivity index (χ4n) is 3.40. The Balaban J connectivity index is 1.81. The molecule has 2 aliphatic heterocycles. The van der Waals surface area contributed by atoms with E-state index in [0.29, 0.717) is 12.0 Å². The van der Waals surface area contributed by atoms with Gasteiger partial charge in [0.1, 0.15) is 6.10 Å². The van der Waals surface area contributed by atoms with Crippen LogP contribution in [0.3, 0.4) is 0 Å². The normalized spacial score (nSPS) is 53.2. The van der Waals surface area contributed by atoms with Crippen LogP contribution in [0.25, 0.3) is 0 Å². The summed E-state index contributed by atoms with van der Waals surface area (Å²) in [5.74, 6) is -0.0524. The van der Waals surface area contributed by atoms with Crippen molar-refractivity contribution in [3.63, 3.8) is 0 Å². The van der Waals surface area contributed by atoms with E-state index in [9.17, 15) is 5.11 Å². The Morgan fingerprint density at radius 2 is 2.00 bits per heavy atom. The van der Waals surface area contributed by atoms with E-state index in [-0.39, 0.29) is 24.4 Å². The van der Waals surface area contributed by atoms with Crippen molar-refractivity contribution in [1.82, 2.24) is 5.32 Å². The van der Waals surface area contributed by atoms with Gasteiger partial charge in [-0.05, 0) is 27.2 Å². The molecule has 86 valence electrons. The van der Waals surface area contributed by atoms with Gasteiger partial charge in [0.15, 0.2) is 5.79 Å². The van der Waals surface area contributed by atoms with E-state index in [2.05, 4.69) is 5.32 Å². The Bertz CT molecular complexity index is 279. The van der Waals surface area contributed by atoms with Crippen LogP contribution in [0.5, 0.6) is 0 Å². The van der Waals surface area contributed by atoms with Gasteiger partial charge >= 0.3 is 0 Å². The summed E-state index contributed by atoms with van der Waals surface area (Å²) in [6.07, 6.45) is 1.11. The minimum atomic E-state index is -0.457. The summed E-state index contributed by atoms with van der Waals surface area (Å²) in [7, 11) is 0. The van der Waals surface area contributed by atoms with Crippen molar-refractivity contribution in [1.29, 1.82) is 0 Å². The third-order valence-electron chi connectivity index (χ3n) is 3.90. The monoisotopic (exact) mass is 213 g/mol. The van der Waals surface area contributed by atoms with Crippen LogP contribution in [0.1, 0.15) is 27.2 Å². The maximum Gasteiger partial charge on any atom is 0.163 e. The molecule has 15 heavy (non-hydrogen) atoms. The van der Waals surface area contributed by atoms with Crippen LogP contribution in [0.15, 0.2) is 0 Å². The third kappa shape index (κ3) is 1.35. The zero-order valence-corrected chi connectivity index (χ0v) is 9.43. The second-order valence-corrected chi connectivity index (χ2v) is 5.50. The average molecular weight is 213 g/mol. The highest BCUT2D eigenvalue weighted by molar-refractivity contribution is 5.12. The van der Waals surface area contributed by atoms with E-state index < -0.39 is 5.79 Å². The maximum absolute atomic E-state index is 9.67. The van der Waals surface area contributed by atoms with Crippen molar-refractivity contribution >= 4 is 0 Å². The molecule has 3 fully saturated rings. The van der Waals surface area contributed by atoms with Crippen molar-refractivity contribution < 1.29 is 14.6 Å². The van der Waals surface area contributed by atoms with E-state index in [1.807, 2.05) is 20.8 Å². The first-order valence-corrected chi connectivity index (χ1v) is 5.78. The van der Waals surface area contributed by atoms with Crippen molar-refractivity contribution in [3.8, 4) is 0 Å². The van der Waals surface area contributed by atoms with Crippen LogP contribution in [-0.4, -0.2) is 41.3 Å². The highest BCUT2D eigenvalue weighted by atomic mass is 16.8. The van der Waals surface area contributed by atoms with E-state index in [4.69, 9.17) is 9.47 Å². The summed E-state index contributed by atoms with van der Waals surface area (Å²) in [5.41, 5.74) is 0. The largest absolute Gasteiger partial charge is 0.392 e. The van der Waals surface area contributed by atoms with Crippen molar-refractivity contribution in [2.45, 2.75) is 63.4 Å². The fraction of sp³-hybridized carbons (Fsp3) is 1.00. The van der Waals surface area contributed by atoms with Crippen LogP contribution in [0, 0.1) is 5.92 Å². The molecule has 4 nitrogen and oxygen atoms in total. The summed E-state index contributed by atoms with van der Waals surface area (Å²) in [4.78, 5) is 0. The Kier molecular flexibility index (Phi) is 1.97. The minimum Gasteiger partial charge on any atom is -0.392 e. The summed E-state index contributed by atoms with van der Waals surface area (Å²) in [6, 6.07) is 0.537. The smallest absolute Gasteiger partial charge is 0.163 e. The van der Waals surface area contributed by atoms with Crippen LogP contribution in [-0.2, 0) is 9.47 Å². The number of rotatable bonds is 1. The molecule has 2 heterocycles. The highest BCUT2D eigenvalue weighted by Crippen LogP contribution is 2.47. The van der Waals surface area contributed by atoms with Gasteiger partial charge in [0.05, 0.1) is 12.2 Å². The molecule has 0 amide bonds. The lowest BCUT2D eigenvalue weighted by Gasteiger charge is -2.31. The molecule has 4 heteroatoms. The molecule has 6 atom stereocenters. The number of ether oxygens (including phenoxy) is 2. The summed E-state index contributed by atoms with van der Waals surface area (Å²) in [5, 5.41) is 13.1. The molecule has 1 saturated carbocycles. The van der Waals surface area contributed by atoms with Gasteiger partial charge in [0.25, 0.3) is 0 Å². The standard InChI is InChI=1S/C11H19NO3/c1-5(13)8-6-4-7(12-8)10-9(6)14-11(2,3)15-10/h5-10,12-13H,4H2,1-3H3/t5-,6+,7+,8-,9+,10-/m0/s1. The third-order valence-corrected chi connectivity index (χ3v) is 3.90. The van der Waals surface area contributed by atoms with Gasteiger partial charge in [0, 0.05) is 18.0 Å². The van der Waals surface area contributed by atoms with Crippen molar-refractivity contribution in [2.75, 3.05) is 0 Å². The number of nitrogens with one attached hydrogen (secondary N) is 1. The van der Waals surface area contributed by atoms with Crippen LogP contribution >= 0.6 is 0 Å². The van der Waals surface area contributed by atoms with Gasteiger partial charge < -0.3 is 19.9 Å². The van der Waals surface area contributed by atoms with E-state index >= 15 is 0 Å². The van der Waals surface area contributed by atoms with E-state index in [1.54, 1.807) is 0 Å². The summed E-state index contributed by atoms with van der Waals surface area (Å²) in [6.45, 7) is 5.76. The summed E-state index contributed by atoms with van der Waals surface area (Å²) >= 11 is 0. The number of hydrogen-bond donors (Lipinski definition) is 2. The van der Waals surface area contributed by atoms with Gasteiger partial charge in [-0.3, -0.25) is 0 Å². The second kappa shape index (κ2) is 2.94. The SMILES string of the molecule is C[C@H](O)[C@@H]1N[C@@H]2C[C@H]1[C@H]1OC(C)(C)O[C@H]12. The molecule has 0 aromatic heterocycles. The molecule has 3 aliphatic rings. The van der Waals surface area contributed by atoms with E-state index in [0.717, 1.165) is 6.42 Å². The molecule has 0 spiro atoms. The zero-order valence-electron chi connectivity index (χ0n) is 9.43. The van der Waals surface area contributed by atoms with Gasteiger partial charge in [-0.2, -0.15) is 0 Å². The van der Waals surface area contributed by atoms with E-state index in [1.165, 1.54) is 0 Å². The molecule has 0 radical (unpaired) electrons. The molecule has 2 saturated heterocycles. The Labute approximate surface area is 89.9 Å². The lowest BCUT2D eigenvalue weighted by atomic mass is 9.93. The Hall–Kier alpha value is -0.160. The predicted molar refractivity (Wildman–Crippen MR) is 54.3 cm³/mol. The lowest BCUT2D eigenvalue weighted by Crippen LogP contribution is -2.53. The first kappa shape index (κ1) is 10.0. The number of aliphatic hydroxyl groups excluding tert-OH is 1. The predicted octanol–water partition coefficient (Wildman–Crippen LogP) is 0.248. The lowest BCUT2D eigenvalue weighted by molar-refractivity contribution is -0.155. The van der Waals surface area contributed by atoms with Crippen LogP contribution in [0.4, 0.5) is 0 Å². The van der Waals surface area contributed by atoms with Gasteiger partial charge in [-0.15, -0.1) is 0 Å². The molecule has 0 aromatic carbocycles. The number of fused-ring (bicyclic) bond motifs is 5. The molecular formula is C11H19NO3. The molecular weight excluding hydrogens is 194 g/mol. The molecule has 1 aliphatic carbocycles. The topological polar surface area (TPSA) is 50.7 Å². The Morgan fingerprint density at radius 1 is 1.33 bits per heavy atom. The number of piperidine rings is 1. The molecule has 0 unspecified atom stereocenters. The Morgan fingerprint density at radius 3 is 2.67 bits per heavy atom. The minimum absolute atomic E-state index is 0.172. The van der Waals surface area contributed by atoms with Gasteiger partial charge in [-0.25, -0.2) is 0 Å². The fourth-order valence-corrected chi connectivity index (χ4v) is 3.40. The maximum atomic E-state index is 9.67. The zero-order chi connectivity index (χ0) is 10.8. The van der Waals surface area contributed by atoms with Crippen molar-refractivity contribution in [2.24, 2.45) is 5.92 Å². The van der Waals surface area contributed by atoms with Gasteiger partial charge in [-0.1, -0.05) is 0 Å². The molecule has 0 aromatic rings. The highest BCUT2D eigenvalue weighted by Gasteiger charge is 2.60. The van der Waals surface area contributed by atoms with Crippen LogP contribution in [0.2, 0.25) is 0 Å². The quantitative estimate of drug-likeness (QED) is 0.655.